The lowest BCUT2D eigenvalue weighted by Gasteiger charge is -2.11. The molecule has 2 heterocycles. The number of para-hydroxylation sites is 1. The fourth-order valence-electron chi connectivity index (χ4n) is 2.38. The molecular weight excluding hydrogens is 248 g/mol. The molecule has 4 heteroatoms. The lowest BCUT2D eigenvalue weighted by atomic mass is 10.0. The molecule has 4 N–H and O–H groups in total. The summed E-state index contributed by atoms with van der Waals surface area (Å²) in [6.45, 7) is 2.05. The molecule has 0 aliphatic carbocycles. The van der Waals surface area contributed by atoms with Crippen LogP contribution in [0.2, 0.25) is 0 Å². The van der Waals surface area contributed by atoms with E-state index in [4.69, 9.17) is 11.5 Å². The molecule has 20 heavy (non-hydrogen) atoms. The maximum absolute atomic E-state index is 6.11. The minimum absolute atomic E-state index is 0.518. The van der Waals surface area contributed by atoms with Gasteiger partial charge in [-0.25, -0.2) is 9.97 Å². The van der Waals surface area contributed by atoms with Crippen molar-refractivity contribution in [1.82, 2.24) is 9.97 Å². The standard InChI is InChI=1S/C16H16N4/c1-2-13-11(7-8-15(17)19-13)12-9-10-5-3-4-6-14(10)20-16(12)18/h3-9H,2H2,1H3,(H2,17,19)(H2,18,20). The summed E-state index contributed by atoms with van der Waals surface area (Å²) in [6.07, 6.45) is 0.798. The van der Waals surface area contributed by atoms with Crippen LogP contribution in [0.4, 0.5) is 11.6 Å². The molecule has 3 rings (SSSR count). The Morgan fingerprint density at radius 2 is 1.75 bits per heavy atom. The van der Waals surface area contributed by atoms with Crippen LogP contribution in [-0.4, -0.2) is 9.97 Å². The van der Waals surface area contributed by atoms with Gasteiger partial charge in [0.25, 0.3) is 0 Å². The van der Waals surface area contributed by atoms with E-state index in [-0.39, 0.29) is 0 Å². The molecular formula is C16H16N4. The summed E-state index contributed by atoms with van der Waals surface area (Å²) in [7, 11) is 0. The van der Waals surface area contributed by atoms with Gasteiger partial charge in [0, 0.05) is 16.5 Å². The minimum atomic E-state index is 0.518. The monoisotopic (exact) mass is 264 g/mol. The molecule has 4 nitrogen and oxygen atoms in total. The van der Waals surface area contributed by atoms with E-state index in [2.05, 4.69) is 23.0 Å². The molecule has 0 saturated heterocycles. The predicted molar refractivity (Wildman–Crippen MR) is 83.2 cm³/mol. The topological polar surface area (TPSA) is 77.8 Å². The van der Waals surface area contributed by atoms with E-state index in [1.54, 1.807) is 6.07 Å². The van der Waals surface area contributed by atoms with Crippen molar-refractivity contribution in [2.75, 3.05) is 11.5 Å². The van der Waals surface area contributed by atoms with Crippen molar-refractivity contribution in [3.8, 4) is 11.1 Å². The van der Waals surface area contributed by atoms with Crippen LogP contribution >= 0.6 is 0 Å². The van der Waals surface area contributed by atoms with Gasteiger partial charge in [0.05, 0.1) is 11.2 Å². The van der Waals surface area contributed by atoms with Crippen LogP contribution in [-0.2, 0) is 6.42 Å². The molecule has 3 aromatic rings. The summed E-state index contributed by atoms with van der Waals surface area (Å²) in [5, 5.41) is 1.07. The number of aryl methyl sites for hydroxylation is 1. The van der Waals surface area contributed by atoms with Crippen LogP contribution in [0.5, 0.6) is 0 Å². The Bertz CT molecular complexity index is 781. The smallest absolute Gasteiger partial charge is 0.132 e. The Kier molecular flexibility index (Phi) is 2.99. The first-order valence-electron chi connectivity index (χ1n) is 6.60. The van der Waals surface area contributed by atoms with Gasteiger partial charge in [-0.2, -0.15) is 0 Å². The molecule has 1 aromatic carbocycles. The lowest BCUT2D eigenvalue weighted by Crippen LogP contribution is -2.01. The number of fused-ring (bicyclic) bond motifs is 1. The Labute approximate surface area is 117 Å². The molecule has 100 valence electrons. The van der Waals surface area contributed by atoms with Gasteiger partial charge in [0.2, 0.25) is 0 Å². The van der Waals surface area contributed by atoms with E-state index in [0.29, 0.717) is 11.6 Å². The maximum atomic E-state index is 6.11. The fraction of sp³-hybridized carbons (Fsp3) is 0.125. The number of hydrogen-bond donors (Lipinski definition) is 2. The molecule has 0 saturated carbocycles. The van der Waals surface area contributed by atoms with Crippen molar-refractivity contribution >= 4 is 22.5 Å². The van der Waals surface area contributed by atoms with Gasteiger partial charge >= 0.3 is 0 Å². The van der Waals surface area contributed by atoms with E-state index in [1.807, 2.05) is 30.3 Å². The first-order chi connectivity index (χ1) is 9.69. The van der Waals surface area contributed by atoms with E-state index < -0.39 is 0 Å². The first kappa shape index (κ1) is 12.4. The summed E-state index contributed by atoms with van der Waals surface area (Å²) in [6, 6.07) is 13.7. The first-order valence-corrected chi connectivity index (χ1v) is 6.60. The highest BCUT2D eigenvalue weighted by Crippen LogP contribution is 2.30. The zero-order valence-corrected chi connectivity index (χ0v) is 11.3. The van der Waals surface area contributed by atoms with Gasteiger partial charge in [-0.15, -0.1) is 0 Å². The van der Waals surface area contributed by atoms with E-state index in [0.717, 1.165) is 34.1 Å². The summed E-state index contributed by atoms with van der Waals surface area (Å²) in [4.78, 5) is 8.85. The molecule has 0 spiro atoms. The molecule has 2 aromatic heterocycles. The fourth-order valence-corrected chi connectivity index (χ4v) is 2.38. The second-order valence-corrected chi connectivity index (χ2v) is 4.70. The highest BCUT2D eigenvalue weighted by atomic mass is 14.9. The second-order valence-electron chi connectivity index (χ2n) is 4.70. The van der Waals surface area contributed by atoms with Crippen molar-refractivity contribution < 1.29 is 0 Å². The zero-order valence-electron chi connectivity index (χ0n) is 11.3. The van der Waals surface area contributed by atoms with Crippen molar-refractivity contribution in [2.45, 2.75) is 13.3 Å². The van der Waals surface area contributed by atoms with Crippen LogP contribution in [0.1, 0.15) is 12.6 Å². The van der Waals surface area contributed by atoms with Crippen molar-refractivity contribution in [1.29, 1.82) is 0 Å². The zero-order chi connectivity index (χ0) is 14.1. The van der Waals surface area contributed by atoms with Gasteiger partial charge in [-0.05, 0) is 30.7 Å². The molecule has 0 aliphatic rings. The third kappa shape index (κ3) is 2.05. The van der Waals surface area contributed by atoms with Crippen LogP contribution in [0.15, 0.2) is 42.5 Å². The van der Waals surface area contributed by atoms with Crippen molar-refractivity contribution in [3.63, 3.8) is 0 Å². The van der Waals surface area contributed by atoms with Gasteiger partial charge in [0.1, 0.15) is 11.6 Å². The average molecular weight is 264 g/mol. The van der Waals surface area contributed by atoms with E-state index >= 15 is 0 Å². The number of rotatable bonds is 2. The quantitative estimate of drug-likeness (QED) is 0.745. The molecule has 0 atom stereocenters. The van der Waals surface area contributed by atoms with Crippen LogP contribution in [0.3, 0.4) is 0 Å². The Morgan fingerprint density at radius 1 is 0.950 bits per heavy atom. The Balaban J connectivity index is 2.26. The number of pyridine rings is 2. The number of hydrogen-bond acceptors (Lipinski definition) is 4. The molecule has 0 fully saturated rings. The number of anilines is 2. The normalized spacial score (nSPS) is 10.8. The highest BCUT2D eigenvalue weighted by Gasteiger charge is 2.11. The third-order valence-corrected chi connectivity index (χ3v) is 3.37. The number of benzene rings is 1. The Hall–Kier alpha value is -2.62. The molecule has 0 radical (unpaired) electrons. The Morgan fingerprint density at radius 3 is 2.55 bits per heavy atom. The van der Waals surface area contributed by atoms with Gasteiger partial charge in [0.15, 0.2) is 0 Å². The number of nitrogens with two attached hydrogens (primary N) is 2. The predicted octanol–water partition coefficient (Wildman–Crippen LogP) is 3.02. The van der Waals surface area contributed by atoms with Crippen molar-refractivity contribution in [2.24, 2.45) is 0 Å². The van der Waals surface area contributed by atoms with Crippen LogP contribution in [0.25, 0.3) is 22.0 Å². The van der Waals surface area contributed by atoms with E-state index in [9.17, 15) is 0 Å². The summed E-state index contributed by atoms with van der Waals surface area (Å²) >= 11 is 0. The SMILES string of the molecule is CCc1nc(N)ccc1-c1cc2ccccc2nc1N. The van der Waals surface area contributed by atoms with Crippen molar-refractivity contribution in [3.05, 3.63) is 48.2 Å². The largest absolute Gasteiger partial charge is 0.384 e. The number of nitrogen functional groups attached to an aromatic ring is 2. The van der Waals surface area contributed by atoms with Gasteiger partial charge in [-0.3, -0.25) is 0 Å². The van der Waals surface area contributed by atoms with Crippen LogP contribution < -0.4 is 11.5 Å². The molecule has 0 amide bonds. The summed E-state index contributed by atoms with van der Waals surface area (Å²) < 4.78 is 0. The van der Waals surface area contributed by atoms with Crippen LogP contribution in [0, 0.1) is 0 Å². The summed E-state index contributed by atoms with van der Waals surface area (Å²) in [5.74, 6) is 1.04. The molecule has 0 unspecified atom stereocenters. The maximum Gasteiger partial charge on any atom is 0.132 e. The minimum Gasteiger partial charge on any atom is -0.384 e. The number of nitrogens with zero attached hydrogens (tertiary/aromatic N) is 2. The van der Waals surface area contributed by atoms with E-state index in [1.165, 1.54) is 0 Å². The molecule has 0 bridgehead atoms. The number of aromatic nitrogens is 2. The van der Waals surface area contributed by atoms with Gasteiger partial charge in [-0.1, -0.05) is 25.1 Å². The molecule has 0 aliphatic heterocycles. The lowest BCUT2D eigenvalue weighted by molar-refractivity contribution is 1.04. The van der Waals surface area contributed by atoms with Gasteiger partial charge < -0.3 is 11.5 Å². The average Bonchev–Trinajstić information content (AvgIpc) is 2.46. The summed E-state index contributed by atoms with van der Waals surface area (Å²) in [5.41, 5.74) is 15.6. The second kappa shape index (κ2) is 4.81. The highest BCUT2D eigenvalue weighted by molar-refractivity contribution is 5.89. The third-order valence-electron chi connectivity index (χ3n) is 3.37.